The minimum absolute atomic E-state index is 0.162. The SMILES string of the molecule is COc1cc(C(c2cccc(Br)c2)N2CCCNCC2)ccc1OCc1ccccc1. The summed E-state index contributed by atoms with van der Waals surface area (Å²) in [5, 5.41) is 3.51. The lowest BCUT2D eigenvalue weighted by atomic mass is 9.96. The molecule has 4 rings (SSSR count). The molecule has 0 amide bonds. The fourth-order valence-corrected chi connectivity index (χ4v) is 4.54. The van der Waals surface area contributed by atoms with E-state index < -0.39 is 0 Å². The van der Waals surface area contributed by atoms with E-state index in [1.54, 1.807) is 7.11 Å². The molecule has 0 bridgehead atoms. The average molecular weight is 481 g/mol. The Morgan fingerprint density at radius 1 is 0.903 bits per heavy atom. The Kier molecular flexibility index (Phi) is 7.62. The zero-order valence-electron chi connectivity index (χ0n) is 17.9. The van der Waals surface area contributed by atoms with Crippen LogP contribution < -0.4 is 14.8 Å². The van der Waals surface area contributed by atoms with Crippen molar-refractivity contribution < 1.29 is 9.47 Å². The molecule has 31 heavy (non-hydrogen) atoms. The molecule has 1 heterocycles. The van der Waals surface area contributed by atoms with Crippen LogP contribution >= 0.6 is 15.9 Å². The van der Waals surface area contributed by atoms with Crippen molar-refractivity contribution in [1.82, 2.24) is 10.2 Å². The highest BCUT2D eigenvalue weighted by atomic mass is 79.9. The molecule has 1 aliphatic rings. The molecular formula is C26H29BrN2O2. The summed E-state index contributed by atoms with van der Waals surface area (Å²) in [6, 6.07) is 25.3. The molecule has 5 heteroatoms. The van der Waals surface area contributed by atoms with Crippen molar-refractivity contribution in [3.63, 3.8) is 0 Å². The number of hydrogen-bond donors (Lipinski definition) is 1. The third-order valence-corrected chi connectivity index (χ3v) is 6.14. The minimum atomic E-state index is 0.162. The van der Waals surface area contributed by atoms with Gasteiger partial charge >= 0.3 is 0 Å². The lowest BCUT2D eigenvalue weighted by molar-refractivity contribution is 0.239. The molecule has 1 unspecified atom stereocenters. The van der Waals surface area contributed by atoms with Gasteiger partial charge in [0.2, 0.25) is 0 Å². The van der Waals surface area contributed by atoms with Crippen LogP contribution in [0, 0.1) is 0 Å². The molecule has 0 aromatic heterocycles. The maximum atomic E-state index is 6.08. The van der Waals surface area contributed by atoms with Crippen LogP contribution in [0.4, 0.5) is 0 Å². The molecule has 1 aliphatic heterocycles. The fraction of sp³-hybridized carbons (Fsp3) is 0.308. The summed E-state index contributed by atoms with van der Waals surface area (Å²) < 4.78 is 12.9. The number of benzene rings is 3. The van der Waals surface area contributed by atoms with Crippen molar-refractivity contribution in [2.24, 2.45) is 0 Å². The summed E-state index contributed by atoms with van der Waals surface area (Å²) >= 11 is 3.65. The van der Waals surface area contributed by atoms with Crippen molar-refractivity contribution in [2.75, 3.05) is 33.3 Å². The Morgan fingerprint density at radius 2 is 1.74 bits per heavy atom. The van der Waals surface area contributed by atoms with E-state index >= 15 is 0 Å². The topological polar surface area (TPSA) is 33.7 Å². The van der Waals surface area contributed by atoms with Crippen LogP contribution in [0.5, 0.6) is 11.5 Å². The average Bonchev–Trinajstić information content (AvgIpc) is 3.08. The minimum Gasteiger partial charge on any atom is -0.493 e. The van der Waals surface area contributed by atoms with E-state index in [0.29, 0.717) is 6.61 Å². The van der Waals surface area contributed by atoms with Crippen molar-refractivity contribution >= 4 is 15.9 Å². The smallest absolute Gasteiger partial charge is 0.161 e. The Hall–Kier alpha value is -2.34. The van der Waals surface area contributed by atoms with E-state index in [-0.39, 0.29) is 6.04 Å². The van der Waals surface area contributed by atoms with Crippen LogP contribution in [0.1, 0.15) is 29.2 Å². The van der Waals surface area contributed by atoms with Crippen molar-refractivity contribution in [1.29, 1.82) is 0 Å². The lowest BCUT2D eigenvalue weighted by Gasteiger charge is -2.32. The largest absolute Gasteiger partial charge is 0.493 e. The summed E-state index contributed by atoms with van der Waals surface area (Å²) in [7, 11) is 1.71. The van der Waals surface area contributed by atoms with Gasteiger partial charge in [-0.25, -0.2) is 0 Å². The van der Waals surface area contributed by atoms with Crippen LogP contribution in [0.3, 0.4) is 0 Å². The highest BCUT2D eigenvalue weighted by molar-refractivity contribution is 9.10. The zero-order valence-corrected chi connectivity index (χ0v) is 19.5. The molecule has 0 aliphatic carbocycles. The maximum Gasteiger partial charge on any atom is 0.161 e. The molecule has 3 aromatic carbocycles. The molecule has 1 fully saturated rings. The summed E-state index contributed by atoms with van der Waals surface area (Å²) in [5.74, 6) is 1.53. The summed E-state index contributed by atoms with van der Waals surface area (Å²) in [6.45, 7) is 4.64. The van der Waals surface area contributed by atoms with Gasteiger partial charge in [-0.2, -0.15) is 0 Å². The molecule has 0 radical (unpaired) electrons. The third kappa shape index (κ3) is 5.67. The van der Waals surface area contributed by atoms with Gasteiger partial charge < -0.3 is 14.8 Å². The lowest BCUT2D eigenvalue weighted by Crippen LogP contribution is -2.33. The van der Waals surface area contributed by atoms with Crippen molar-refractivity contribution in [3.8, 4) is 11.5 Å². The van der Waals surface area contributed by atoms with Crippen LogP contribution in [-0.4, -0.2) is 38.2 Å². The van der Waals surface area contributed by atoms with Crippen molar-refractivity contribution in [2.45, 2.75) is 19.1 Å². The van der Waals surface area contributed by atoms with E-state index in [9.17, 15) is 0 Å². The zero-order chi connectivity index (χ0) is 21.5. The number of hydrogen-bond acceptors (Lipinski definition) is 4. The number of rotatable bonds is 7. The van der Waals surface area contributed by atoms with Gasteiger partial charge in [0.25, 0.3) is 0 Å². The van der Waals surface area contributed by atoms with E-state index in [1.807, 2.05) is 24.3 Å². The molecular weight excluding hydrogens is 452 g/mol. The van der Waals surface area contributed by atoms with Crippen molar-refractivity contribution in [3.05, 3.63) is 94.0 Å². The second kappa shape index (κ2) is 10.8. The number of nitrogens with zero attached hydrogens (tertiary/aromatic N) is 1. The first-order chi connectivity index (χ1) is 15.2. The van der Waals surface area contributed by atoms with Gasteiger partial charge in [-0.1, -0.05) is 64.5 Å². The Balaban J connectivity index is 1.64. The molecule has 1 saturated heterocycles. The van der Waals surface area contributed by atoms with E-state index in [0.717, 1.165) is 54.1 Å². The van der Waals surface area contributed by atoms with Gasteiger partial charge in [0.05, 0.1) is 13.2 Å². The van der Waals surface area contributed by atoms with E-state index in [4.69, 9.17) is 9.47 Å². The second-order valence-electron chi connectivity index (χ2n) is 7.78. The third-order valence-electron chi connectivity index (χ3n) is 5.64. The van der Waals surface area contributed by atoms with Gasteiger partial charge in [-0.3, -0.25) is 4.90 Å². The second-order valence-corrected chi connectivity index (χ2v) is 8.70. The molecule has 1 N–H and O–H groups in total. The van der Waals surface area contributed by atoms with Gasteiger partial charge in [-0.15, -0.1) is 0 Å². The van der Waals surface area contributed by atoms with Gasteiger partial charge in [0, 0.05) is 24.1 Å². The molecule has 0 saturated carbocycles. The summed E-state index contributed by atoms with van der Waals surface area (Å²) in [5.41, 5.74) is 3.62. The standard InChI is InChI=1S/C26H29BrN2O2/c1-30-25-18-22(11-12-24(25)31-19-20-7-3-2-4-8-20)26(21-9-5-10-23(27)17-21)29-15-6-13-28-14-16-29/h2-5,7-12,17-18,26,28H,6,13-16,19H2,1H3. The van der Waals surface area contributed by atoms with Crippen LogP contribution in [0.15, 0.2) is 77.3 Å². The van der Waals surface area contributed by atoms with E-state index in [1.165, 1.54) is 11.1 Å². The van der Waals surface area contributed by atoms with Gasteiger partial charge in [-0.05, 0) is 53.9 Å². The summed E-state index contributed by atoms with van der Waals surface area (Å²) in [6.07, 6.45) is 1.14. The number of ether oxygens (including phenoxy) is 2. The molecule has 162 valence electrons. The Bertz CT molecular complexity index is 972. The van der Waals surface area contributed by atoms with Crippen LogP contribution in [-0.2, 0) is 6.61 Å². The highest BCUT2D eigenvalue weighted by Crippen LogP contribution is 2.36. The number of halogens is 1. The Labute approximate surface area is 193 Å². The predicted molar refractivity (Wildman–Crippen MR) is 129 cm³/mol. The molecule has 3 aromatic rings. The quantitative estimate of drug-likeness (QED) is 0.489. The molecule has 0 spiro atoms. The Morgan fingerprint density at radius 3 is 2.55 bits per heavy atom. The van der Waals surface area contributed by atoms with E-state index in [2.05, 4.69) is 74.7 Å². The number of methoxy groups -OCH3 is 1. The van der Waals surface area contributed by atoms with Crippen LogP contribution in [0.2, 0.25) is 0 Å². The normalized spacial score (nSPS) is 15.8. The first-order valence-electron chi connectivity index (χ1n) is 10.8. The van der Waals surface area contributed by atoms with Gasteiger partial charge in [0.15, 0.2) is 11.5 Å². The van der Waals surface area contributed by atoms with Gasteiger partial charge in [0.1, 0.15) is 6.61 Å². The number of nitrogens with one attached hydrogen (secondary N) is 1. The first-order valence-corrected chi connectivity index (χ1v) is 11.6. The molecule has 4 nitrogen and oxygen atoms in total. The first kappa shape index (κ1) is 21.9. The predicted octanol–water partition coefficient (Wildman–Crippen LogP) is 5.42. The fourth-order valence-electron chi connectivity index (χ4n) is 4.12. The summed E-state index contributed by atoms with van der Waals surface area (Å²) in [4.78, 5) is 2.56. The highest BCUT2D eigenvalue weighted by Gasteiger charge is 2.24. The monoisotopic (exact) mass is 480 g/mol. The maximum absolute atomic E-state index is 6.08. The molecule has 1 atom stereocenters. The van der Waals surface area contributed by atoms with Crippen LogP contribution in [0.25, 0.3) is 0 Å².